The Kier molecular flexibility index (Phi) is 5.45. The molecule has 2 aliphatic rings. The van der Waals surface area contributed by atoms with Gasteiger partial charge >= 0.3 is 0 Å². The van der Waals surface area contributed by atoms with Crippen LogP contribution in [0, 0.1) is 0 Å². The lowest BCUT2D eigenvalue weighted by molar-refractivity contribution is -0.147. The van der Waals surface area contributed by atoms with Gasteiger partial charge < -0.3 is 15.0 Å². The van der Waals surface area contributed by atoms with Crippen molar-refractivity contribution in [3.63, 3.8) is 0 Å². The van der Waals surface area contributed by atoms with Crippen molar-refractivity contribution < 1.29 is 9.53 Å². The fourth-order valence-corrected chi connectivity index (χ4v) is 2.83. The maximum Gasteiger partial charge on any atom is 0.251 e. The zero-order valence-corrected chi connectivity index (χ0v) is 11.5. The molecule has 2 fully saturated rings. The SMILES string of the molecule is CCCNC1CCCN(C(=O)C2CCCCO2)C1. The summed E-state index contributed by atoms with van der Waals surface area (Å²) >= 11 is 0. The van der Waals surface area contributed by atoms with Crippen molar-refractivity contribution in [1.29, 1.82) is 0 Å². The number of nitrogens with zero attached hydrogens (tertiary/aromatic N) is 1. The Bertz CT molecular complexity index is 265. The van der Waals surface area contributed by atoms with E-state index >= 15 is 0 Å². The minimum Gasteiger partial charge on any atom is -0.368 e. The zero-order valence-electron chi connectivity index (χ0n) is 11.5. The summed E-state index contributed by atoms with van der Waals surface area (Å²) in [5, 5.41) is 3.52. The molecule has 0 saturated carbocycles. The highest BCUT2D eigenvalue weighted by Crippen LogP contribution is 2.18. The first kappa shape index (κ1) is 13.8. The number of hydrogen-bond acceptors (Lipinski definition) is 3. The van der Waals surface area contributed by atoms with E-state index < -0.39 is 0 Å². The number of likely N-dealkylation sites (tertiary alicyclic amines) is 1. The van der Waals surface area contributed by atoms with Gasteiger partial charge in [-0.1, -0.05) is 6.92 Å². The van der Waals surface area contributed by atoms with Gasteiger partial charge in [0.05, 0.1) is 0 Å². The molecule has 2 saturated heterocycles. The van der Waals surface area contributed by atoms with Gasteiger partial charge in [-0.15, -0.1) is 0 Å². The maximum atomic E-state index is 12.3. The Morgan fingerprint density at radius 1 is 1.33 bits per heavy atom. The lowest BCUT2D eigenvalue weighted by Gasteiger charge is -2.36. The standard InChI is InChI=1S/C14H26N2O2/c1-2-8-15-12-6-5-9-16(11-12)14(17)13-7-3-4-10-18-13/h12-13,15H,2-11H2,1H3. The van der Waals surface area contributed by atoms with Crippen LogP contribution in [0.2, 0.25) is 0 Å². The summed E-state index contributed by atoms with van der Waals surface area (Å²) in [6, 6.07) is 0.478. The summed E-state index contributed by atoms with van der Waals surface area (Å²) in [5.41, 5.74) is 0. The highest BCUT2D eigenvalue weighted by atomic mass is 16.5. The molecule has 0 aromatic heterocycles. The average molecular weight is 254 g/mol. The molecule has 1 amide bonds. The summed E-state index contributed by atoms with van der Waals surface area (Å²) in [5.74, 6) is 0.220. The molecule has 0 aromatic rings. The van der Waals surface area contributed by atoms with Gasteiger partial charge in [0.15, 0.2) is 0 Å². The minimum atomic E-state index is -0.163. The summed E-state index contributed by atoms with van der Waals surface area (Å²) in [6.07, 6.45) is 6.42. The molecule has 1 N–H and O–H groups in total. The Morgan fingerprint density at radius 2 is 2.22 bits per heavy atom. The van der Waals surface area contributed by atoms with Crippen molar-refractivity contribution in [3.8, 4) is 0 Å². The number of nitrogens with one attached hydrogen (secondary N) is 1. The summed E-state index contributed by atoms with van der Waals surface area (Å²) in [7, 11) is 0. The van der Waals surface area contributed by atoms with E-state index in [1.54, 1.807) is 0 Å². The van der Waals surface area contributed by atoms with Crippen LogP contribution in [0.5, 0.6) is 0 Å². The van der Waals surface area contributed by atoms with Crippen molar-refractivity contribution in [2.24, 2.45) is 0 Å². The summed E-state index contributed by atoms with van der Waals surface area (Å²) < 4.78 is 5.60. The van der Waals surface area contributed by atoms with Gasteiger partial charge in [0.1, 0.15) is 6.10 Å². The fraction of sp³-hybridized carbons (Fsp3) is 0.929. The molecule has 0 aliphatic carbocycles. The fourth-order valence-electron chi connectivity index (χ4n) is 2.83. The lowest BCUT2D eigenvalue weighted by Crippen LogP contribution is -2.51. The van der Waals surface area contributed by atoms with Gasteiger partial charge in [0, 0.05) is 25.7 Å². The molecule has 0 aromatic carbocycles. The molecular formula is C14H26N2O2. The second-order valence-electron chi connectivity index (χ2n) is 5.43. The molecule has 104 valence electrons. The molecule has 0 bridgehead atoms. The average Bonchev–Trinajstić information content (AvgIpc) is 2.45. The van der Waals surface area contributed by atoms with Gasteiger partial charge in [-0.25, -0.2) is 0 Å². The normalized spacial score (nSPS) is 29.3. The number of carbonyl (C=O) groups is 1. The Morgan fingerprint density at radius 3 is 2.94 bits per heavy atom. The van der Waals surface area contributed by atoms with Crippen LogP contribution in [0.15, 0.2) is 0 Å². The van der Waals surface area contributed by atoms with E-state index in [0.717, 1.165) is 58.3 Å². The topological polar surface area (TPSA) is 41.6 Å². The highest BCUT2D eigenvalue weighted by molar-refractivity contribution is 5.81. The van der Waals surface area contributed by atoms with E-state index in [9.17, 15) is 4.79 Å². The second kappa shape index (κ2) is 7.10. The number of carbonyl (C=O) groups excluding carboxylic acids is 1. The molecule has 4 nitrogen and oxygen atoms in total. The third kappa shape index (κ3) is 3.69. The number of rotatable bonds is 4. The third-order valence-electron chi connectivity index (χ3n) is 3.87. The molecule has 0 radical (unpaired) electrons. The van der Waals surface area contributed by atoms with E-state index in [1.165, 1.54) is 6.42 Å². The number of ether oxygens (including phenoxy) is 1. The number of hydrogen-bond donors (Lipinski definition) is 1. The first-order valence-electron chi connectivity index (χ1n) is 7.45. The van der Waals surface area contributed by atoms with E-state index in [-0.39, 0.29) is 12.0 Å². The van der Waals surface area contributed by atoms with Crippen molar-refractivity contribution in [3.05, 3.63) is 0 Å². The van der Waals surface area contributed by atoms with Crippen molar-refractivity contribution in [1.82, 2.24) is 10.2 Å². The van der Waals surface area contributed by atoms with Crippen LogP contribution in [-0.4, -0.2) is 49.2 Å². The zero-order chi connectivity index (χ0) is 12.8. The molecule has 18 heavy (non-hydrogen) atoms. The first-order chi connectivity index (χ1) is 8.81. The predicted octanol–water partition coefficient (Wildman–Crippen LogP) is 1.55. The third-order valence-corrected chi connectivity index (χ3v) is 3.87. The Hall–Kier alpha value is -0.610. The Labute approximate surface area is 110 Å². The minimum absolute atomic E-state index is 0.163. The molecular weight excluding hydrogens is 228 g/mol. The van der Waals surface area contributed by atoms with Crippen LogP contribution < -0.4 is 5.32 Å². The predicted molar refractivity (Wildman–Crippen MR) is 71.5 cm³/mol. The monoisotopic (exact) mass is 254 g/mol. The van der Waals surface area contributed by atoms with Crippen molar-refractivity contribution in [2.75, 3.05) is 26.2 Å². The highest BCUT2D eigenvalue weighted by Gasteiger charge is 2.30. The second-order valence-corrected chi connectivity index (χ2v) is 5.43. The molecule has 2 unspecified atom stereocenters. The van der Waals surface area contributed by atoms with Crippen LogP contribution in [0.1, 0.15) is 45.4 Å². The van der Waals surface area contributed by atoms with Crippen molar-refractivity contribution >= 4 is 5.91 Å². The van der Waals surface area contributed by atoms with E-state index in [4.69, 9.17) is 4.74 Å². The largest absolute Gasteiger partial charge is 0.368 e. The Balaban J connectivity index is 1.81. The maximum absolute atomic E-state index is 12.3. The lowest BCUT2D eigenvalue weighted by atomic mass is 10.0. The van der Waals surface area contributed by atoms with Gasteiger partial charge in [-0.05, 0) is 45.1 Å². The summed E-state index contributed by atoms with van der Waals surface area (Å²) in [6.45, 7) is 5.74. The molecule has 2 atom stereocenters. The van der Waals surface area contributed by atoms with Crippen LogP contribution in [0.4, 0.5) is 0 Å². The quantitative estimate of drug-likeness (QED) is 0.827. The van der Waals surface area contributed by atoms with Gasteiger partial charge in [0.2, 0.25) is 0 Å². The van der Waals surface area contributed by atoms with E-state index in [0.29, 0.717) is 6.04 Å². The molecule has 2 heterocycles. The molecule has 4 heteroatoms. The van der Waals surface area contributed by atoms with Crippen LogP contribution in [0.25, 0.3) is 0 Å². The van der Waals surface area contributed by atoms with Crippen molar-refractivity contribution in [2.45, 2.75) is 57.6 Å². The smallest absolute Gasteiger partial charge is 0.251 e. The molecule has 0 spiro atoms. The number of amides is 1. The first-order valence-corrected chi connectivity index (χ1v) is 7.45. The van der Waals surface area contributed by atoms with Gasteiger partial charge in [0.25, 0.3) is 5.91 Å². The van der Waals surface area contributed by atoms with Gasteiger partial charge in [-0.2, -0.15) is 0 Å². The number of piperidine rings is 1. The van der Waals surface area contributed by atoms with E-state index in [1.807, 2.05) is 4.90 Å². The van der Waals surface area contributed by atoms with Crippen LogP contribution >= 0.6 is 0 Å². The molecule has 2 rings (SSSR count). The summed E-state index contributed by atoms with van der Waals surface area (Å²) in [4.78, 5) is 14.4. The van der Waals surface area contributed by atoms with E-state index in [2.05, 4.69) is 12.2 Å². The van der Waals surface area contributed by atoms with Crippen LogP contribution in [-0.2, 0) is 9.53 Å². The van der Waals surface area contributed by atoms with Crippen LogP contribution in [0.3, 0.4) is 0 Å². The molecule has 2 aliphatic heterocycles. The van der Waals surface area contributed by atoms with Gasteiger partial charge in [-0.3, -0.25) is 4.79 Å².